The fourth-order valence-corrected chi connectivity index (χ4v) is 3.89. The first kappa shape index (κ1) is 21.6. The van der Waals surface area contributed by atoms with E-state index in [4.69, 9.17) is 4.74 Å². The maximum absolute atomic E-state index is 9.51. The van der Waals surface area contributed by atoms with Gasteiger partial charge in [0.15, 0.2) is 0 Å². The summed E-state index contributed by atoms with van der Waals surface area (Å²) in [6.07, 6.45) is 8.53. The highest BCUT2D eigenvalue weighted by atomic mass is 16.5. The maximum Gasteiger partial charge on any atom is 0.115 e. The second kappa shape index (κ2) is 8.84. The topological polar surface area (TPSA) is 63.2 Å². The zero-order valence-electron chi connectivity index (χ0n) is 19.0. The van der Waals surface area contributed by atoms with E-state index in [1.165, 1.54) is 0 Å². The molecule has 0 amide bonds. The van der Waals surface area contributed by atoms with E-state index >= 15 is 0 Å². The Morgan fingerprint density at radius 3 is 2.78 bits per heavy atom. The van der Waals surface area contributed by atoms with Crippen molar-refractivity contribution in [2.45, 2.75) is 45.4 Å². The molecule has 2 aromatic carbocycles. The standard InChI is InChI=1S/C27H28N4O/c1-5-32-25-12-22(14-29-16-25)23-15-30-31(17-23)26-13-21(10-9-19(26)2)20-7-6-8-24(11-20)27(3,4)18-28/h6-11,13-17,22H,5,12H2,1-4H3. The van der Waals surface area contributed by atoms with Crippen molar-refractivity contribution in [3.05, 3.63) is 83.5 Å². The molecule has 0 bridgehead atoms. The molecule has 0 spiro atoms. The Bertz CT molecular complexity index is 1230. The number of ether oxygens (including phenoxy) is 1. The summed E-state index contributed by atoms with van der Waals surface area (Å²) in [7, 11) is 0. The molecule has 0 aliphatic carbocycles. The molecule has 1 unspecified atom stereocenters. The van der Waals surface area contributed by atoms with Crippen LogP contribution < -0.4 is 0 Å². The summed E-state index contributed by atoms with van der Waals surface area (Å²) in [6.45, 7) is 8.61. The van der Waals surface area contributed by atoms with E-state index < -0.39 is 5.41 Å². The van der Waals surface area contributed by atoms with Crippen molar-refractivity contribution in [2.75, 3.05) is 6.61 Å². The van der Waals surface area contributed by atoms with Crippen molar-refractivity contribution in [1.29, 1.82) is 5.26 Å². The first-order valence-corrected chi connectivity index (χ1v) is 10.9. The number of aliphatic imine (C=N–C) groups is 1. The number of aryl methyl sites for hydroxylation is 1. The Morgan fingerprint density at radius 2 is 2.00 bits per heavy atom. The second-order valence-corrected chi connectivity index (χ2v) is 8.67. The molecule has 5 nitrogen and oxygen atoms in total. The summed E-state index contributed by atoms with van der Waals surface area (Å²) in [5.41, 5.74) is 5.95. The van der Waals surface area contributed by atoms with Gasteiger partial charge < -0.3 is 4.74 Å². The average Bonchev–Trinajstić information content (AvgIpc) is 3.30. The van der Waals surface area contributed by atoms with Gasteiger partial charge in [0, 0.05) is 24.8 Å². The number of allylic oxidation sites excluding steroid dienone is 1. The van der Waals surface area contributed by atoms with Crippen LogP contribution in [0.1, 0.15) is 49.8 Å². The van der Waals surface area contributed by atoms with Gasteiger partial charge in [0.2, 0.25) is 0 Å². The van der Waals surface area contributed by atoms with Crippen molar-refractivity contribution in [3.63, 3.8) is 0 Å². The first-order chi connectivity index (χ1) is 15.4. The lowest BCUT2D eigenvalue weighted by atomic mass is 9.85. The molecule has 1 atom stereocenters. The SMILES string of the molecule is CCOC1=CN=CC(c2cnn(-c3cc(-c4cccc(C(C)(C)C#N)c4)ccc3C)c2)C1. The molecule has 4 rings (SSSR count). The number of rotatable bonds is 6. The highest BCUT2D eigenvalue weighted by Gasteiger charge is 2.21. The summed E-state index contributed by atoms with van der Waals surface area (Å²) in [5.74, 6) is 1.06. The second-order valence-electron chi connectivity index (χ2n) is 8.67. The minimum absolute atomic E-state index is 0.156. The van der Waals surface area contributed by atoms with Crippen LogP contribution in [0.3, 0.4) is 0 Å². The lowest BCUT2D eigenvalue weighted by Gasteiger charge is -2.17. The smallest absolute Gasteiger partial charge is 0.115 e. The van der Waals surface area contributed by atoms with E-state index in [9.17, 15) is 5.26 Å². The first-order valence-electron chi connectivity index (χ1n) is 10.9. The van der Waals surface area contributed by atoms with Gasteiger partial charge in [0.25, 0.3) is 0 Å². The quantitative estimate of drug-likeness (QED) is 0.481. The number of nitrogens with zero attached hydrogens (tertiary/aromatic N) is 4. The molecule has 1 aliphatic heterocycles. The maximum atomic E-state index is 9.51. The number of benzene rings is 2. The van der Waals surface area contributed by atoms with Gasteiger partial charge in [0.1, 0.15) is 5.76 Å². The zero-order chi connectivity index (χ0) is 22.7. The predicted molar refractivity (Wildman–Crippen MR) is 128 cm³/mol. The summed E-state index contributed by atoms with van der Waals surface area (Å²) in [4.78, 5) is 4.35. The van der Waals surface area contributed by atoms with E-state index in [-0.39, 0.29) is 5.92 Å². The van der Waals surface area contributed by atoms with Crippen molar-refractivity contribution in [1.82, 2.24) is 9.78 Å². The molecule has 2 heterocycles. The third-order valence-electron chi connectivity index (χ3n) is 5.92. The summed E-state index contributed by atoms with van der Waals surface area (Å²) < 4.78 is 7.59. The van der Waals surface area contributed by atoms with Crippen LogP contribution in [0.5, 0.6) is 0 Å². The summed E-state index contributed by atoms with van der Waals surface area (Å²) in [5, 5.41) is 14.2. The van der Waals surface area contributed by atoms with Crippen LogP contribution in [-0.2, 0) is 10.2 Å². The predicted octanol–water partition coefficient (Wildman–Crippen LogP) is 6.08. The van der Waals surface area contributed by atoms with E-state index in [0.717, 1.165) is 45.7 Å². The third kappa shape index (κ3) is 4.36. The van der Waals surface area contributed by atoms with Gasteiger partial charge >= 0.3 is 0 Å². The van der Waals surface area contributed by atoms with Gasteiger partial charge in [-0.2, -0.15) is 10.4 Å². The van der Waals surface area contributed by atoms with Gasteiger partial charge in [-0.15, -0.1) is 0 Å². The molecule has 1 aliphatic rings. The molecule has 162 valence electrons. The molecule has 0 fully saturated rings. The van der Waals surface area contributed by atoms with E-state index in [2.05, 4.69) is 59.6 Å². The molecule has 5 heteroatoms. The van der Waals surface area contributed by atoms with Crippen molar-refractivity contribution in [2.24, 2.45) is 4.99 Å². The molecule has 1 aromatic heterocycles. The number of hydrogen-bond donors (Lipinski definition) is 0. The Kier molecular flexibility index (Phi) is 5.96. The lowest BCUT2D eigenvalue weighted by molar-refractivity contribution is 0.215. The van der Waals surface area contributed by atoms with Crippen LogP contribution in [0.15, 0.2) is 71.8 Å². The van der Waals surface area contributed by atoms with Crippen molar-refractivity contribution < 1.29 is 4.74 Å². The fraction of sp³-hybridized carbons (Fsp3) is 0.296. The number of hydrogen-bond acceptors (Lipinski definition) is 4. The zero-order valence-corrected chi connectivity index (χ0v) is 19.0. The average molecular weight is 425 g/mol. The van der Waals surface area contributed by atoms with E-state index in [1.54, 1.807) is 6.20 Å². The summed E-state index contributed by atoms with van der Waals surface area (Å²) in [6, 6.07) is 17.0. The Balaban J connectivity index is 1.64. The van der Waals surface area contributed by atoms with E-state index in [1.807, 2.05) is 50.0 Å². The number of nitriles is 1. The van der Waals surface area contributed by atoms with Gasteiger partial charge in [-0.1, -0.05) is 30.3 Å². The third-order valence-corrected chi connectivity index (χ3v) is 5.92. The van der Waals surface area contributed by atoms with Crippen LogP contribution in [0.2, 0.25) is 0 Å². The minimum atomic E-state index is -0.531. The molecular formula is C27H28N4O. The van der Waals surface area contributed by atoms with E-state index in [0.29, 0.717) is 6.61 Å². The van der Waals surface area contributed by atoms with Crippen LogP contribution in [0, 0.1) is 18.3 Å². The monoisotopic (exact) mass is 424 g/mol. The van der Waals surface area contributed by atoms with Gasteiger partial charge in [-0.05, 0) is 67.6 Å². The number of aromatic nitrogens is 2. The molecule has 32 heavy (non-hydrogen) atoms. The molecule has 0 saturated carbocycles. The largest absolute Gasteiger partial charge is 0.497 e. The highest BCUT2D eigenvalue weighted by Crippen LogP contribution is 2.31. The van der Waals surface area contributed by atoms with Crippen molar-refractivity contribution >= 4 is 6.21 Å². The van der Waals surface area contributed by atoms with Gasteiger partial charge in [0.05, 0.1) is 36.2 Å². The Labute approximate surface area is 189 Å². The minimum Gasteiger partial charge on any atom is -0.497 e. The molecule has 0 N–H and O–H groups in total. The van der Waals surface area contributed by atoms with Crippen LogP contribution >= 0.6 is 0 Å². The molecular weight excluding hydrogens is 396 g/mol. The van der Waals surface area contributed by atoms with Crippen LogP contribution in [0.4, 0.5) is 0 Å². The van der Waals surface area contributed by atoms with Crippen molar-refractivity contribution in [3.8, 4) is 22.9 Å². The summed E-state index contributed by atoms with van der Waals surface area (Å²) >= 11 is 0. The molecule has 0 radical (unpaired) electrons. The van der Waals surface area contributed by atoms with Crippen LogP contribution in [-0.4, -0.2) is 22.6 Å². The lowest BCUT2D eigenvalue weighted by Crippen LogP contribution is -2.13. The Hall–Kier alpha value is -3.65. The fourth-order valence-electron chi connectivity index (χ4n) is 3.89. The molecule has 3 aromatic rings. The van der Waals surface area contributed by atoms with Crippen LogP contribution in [0.25, 0.3) is 16.8 Å². The normalized spacial score (nSPS) is 15.8. The Morgan fingerprint density at radius 1 is 1.19 bits per heavy atom. The highest BCUT2D eigenvalue weighted by molar-refractivity contribution is 5.71. The van der Waals surface area contributed by atoms with Gasteiger partial charge in [-0.25, -0.2) is 4.68 Å². The molecule has 0 saturated heterocycles. The van der Waals surface area contributed by atoms with Gasteiger partial charge in [-0.3, -0.25) is 4.99 Å².